The average Bonchev–Trinajstić information content (AvgIpc) is 2.90. The van der Waals surface area contributed by atoms with E-state index in [1.165, 1.54) is 4.68 Å². The van der Waals surface area contributed by atoms with Gasteiger partial charge < -0.3 is 33.5 Å². The molecule has 1 fully saturated rings. The molecule has 1 aliphatic heterocycles. The van der Waals surface area contributed by atoms with Gasteiger partial charge in [-0.15, -0.1) is 5.10 Å². The minimum atomic E-state index is -0.580. The van der Waals surface area contributed by atoms with E-state index in [1.807, 2.05) is 57.7 Å². The number of piperazine rings is 1. The van der Waals surface area contributed by atoms with Crippen LogP contribution in [0.25, 0.3) is 5.69 Å². The molecule has 1 aliphatic rings. The van der Waals surface area contributed by atoms with Gasteiger partial charge in [-0.3, -0.25) is 4.79 Å². The number of aromatic nitrogens is 2. The summed E-state index contributed by atoms with van der Waals surface area (Å²) in [7, 11) is 0. The second kappa shape index (κ2) is 14.0. The number of para-hydroxylation sites is 1. The molecule has 11 heteroatoms. The molecule has 0 atom stereocenters. The highest BCUT2D eigenvalue weighted by Gasteiger charge is 2.31. The molecule has 2 aromatic rings. The second-order valence-electron chi connectivity index (χ2n) is 9.58. The first-order valence-electron chi connectivity index (χ1n) is 13.1. The first-order chi connectivity index (χ1) is 18.2. The zero-order valence-electron chi connectivity index (χ0n) is 23.1. The Kier molecular flexibility index (Phi) is 10.8. The Hall–Kier alpha value is -3.31. The molecule has 0 saturated carbocycles. The van der Waals surface area contributed by atoms with E-state index in [1.54, 1.807) is 17.0 Å². The molecule has 0 N–H and O–H groups in total. The Morgan fingerprint density at radius 2 is 1.50 bits per heavy atom. The maximum absolute atomic E-state index is 13.7. The zero-order valence-corrected chi connectivity index (χ0v) is 23.1. The van der Waals surface area contributed by atoms with Crippen molar-refractivity contribution in [1.82, 2.24) is 14.7 Å². The van der Waals surface area contributed by atoms with Gasteiger partial charge in [0, 0.05) is 39.4 Å². The highest BCUT2D eigenvalue weighted by Crippen LogP contribution is 2.35. The van der Waals surface area contributed by atoms with Gasteiger partial charge in [-0.05, 0) is 46.8 Å². The highest BCUT2D eigenvalue weighted by atomic mass is 16.6. The number of carbonyl (C=O) groups excluding carboxylic acids is 1. The van der Waals surface area contributed by atoms with Crippen molar-refractivity contribution >= 4 is 11.8 Å². The Balaban J connectivity index is 1.97. The molecule has 0 unspecified atom stereocenters. The lowest BCUT2D eigenvalue weighted by Crippen LogP contribution is -2.50. The maximum atomic E-state index is 13.7. The van der Waals surface area contributed by atoms with Crippen LogP contribution in [0.15, 0.2) is 35.1 Å². The van der Waals surface area contributed by atoms with Crippen LogP contribution in [-0.2, 0) is 14.2 Å². The van der Waals surface area contributed by atoms with E-state index in [-0.39, 0.29) is 30.9 Å². The molecule has 3 rings (SSSR count). The third-order valence-electron chi connectivity index (χ3n) is 5.59. The molecular formula is C27H40N4O7. The topological polar surface area (TPSA) is 105 Å². The highest BCUT2D eigenvalue weighted by molar-refractivity contribution is 5.70. The largest absolute Gasteiger partial charge is 0.484 e. The van der Waals surface area contributed by atoms with E-state index >= 15 is 0 Å². The summed E-state index contributed by atoms with van der Waals surface area (Å²) < 4.78 is 29.8. The molecule has 2 heterocycles. The molecule has 0 radical (unpaired) electrons. The quantitative estimate of drug-likeness (QED) is 0.381. The summed E-state index contributed by atoms with van der Waals surface area (Å²) in [6.45, 7) is 13.3. The van der Waals surface area contributed by atoms with Gasteiger partial charge in [-0.2, -0.15) is 4.68 Å². The SMILES string of the molecule is CCOCCOc1nn(-c2ccccc2)c(=O)c(OCCOCC)c1N1CCN(C(=O)OC(C)(C)C)CC1. The lowest BCUT2D eigenvalue weighted by Gasteiger charge is -2.37. The predicted octanol–water partition coefficient (Wildman–Crippen LogP) is 3.12. The van der Waals surface area contributed by atoms with Gasteiger partial charge in [0.05, 0.1) is 18.9 Å². The van der Waals surface area contributed by atoms with Gasteiger partial charge in [0.1, 0.15) is 18.8 Å². The van der Waals surface area contributed by atoms with Crippen LogP contribution >= 0.6 is 0 Å². The summed E-state index contributed by atoms with van der Waals surface area (Å²) in [5.41, 5.74) is 0.0556. The Morgan fingerprint density at radius 3 is 2.08 bits per heavy atom. The molecule has 11 nitrogen and oxygen atoms in total. The number of nitrogens with zero attached hydrogens (tertiary/aromatic N) is 4. The van der Waals surface area contributed by atoms with Crippen LogP contribution in [0.3, 0.4) is 0 Å². The number of hydrogen-bond donors (Lipinski definition) is 0. The molecule has 1 saturated heterocycles. The molecule has 1 aromatic carbocycles. The summed E-state index contributed by atoms with van der Waals surface area (Å²) >= 11 is 0. The first kappa shape index (κ1) is 29.2. The van der Waals surface area contributed by atoms with Gasteiger partial charge >= 0.3 is 11.7 Å². The molecule has 1 amide bonds. The summed E-state index contributed by atoms with van der Waals surface area (Å²) in [6, 6.07) is 9.12. The number of hydrogen-bond acceptors (Lipinski definition) is 9. The monoisotopic (exact) mass is 532 g/mol. The fraction of sp³-hybridized carbons (Fsp3) is 0.593. The third-order valence-corrected chi connectivity index (χ3v) is 5.59. The second-order valence-corrected chi connectivity index (χ2v) is 9.58. The summed E-state index contributed by atoms with van der Waals surface area (Å²) in [4.78, 5) is 29.9. The number of carbonyl (C=O) groups is 1. The molecule has 0 bridgehead atoms. The van der Waals surface area contributed by atoms with E-state index in [0.29, 0.717) is 64.0 Å². The van der Waals surface area contributed by atoms with Crippen LogP contribution in [0.1, 0.15) is 34.6 Å². The Labute approximate surface area is 224 Å². The summed E-state index contributed by atoms with van der Waals surface area (Å²) in [5, 5.41) is 4.59. The standard InChI is InChI=1S/C27H40N4O7/c1-6-34-17-19-36-23-22(29-13-15-30(16-14-29)26(33)38-27(3,4)5)24(37-20-18-35-7-2)28-31(25(23)32)21-11-9-8-10-12-21/h8-12H,6-7,13-20H2,1-5H3. The van der Waals surface area contributed by atoms with Crippen LogP contribution in [-0.4, -0.2) is 92.2 Å². The minimum absolute atomic E-state index is 0.126. The number of benzene rings is 1. The molecule has 0 aliphatic carbocycles. The van der Waals surface area contributed by atoms with Crippen molar-refractivity contribution in [2.45, 2.75) is 40.2 Å². The van der Waals surface area contributed by atoms with Crippen molar-refractivity contribution in [3.63, 3.8) is 0 Å². The first-order valence-corrected chi connectivity index (χ1v) is 13.1. The van der Waals surface area contributed by atoms with E-state index in [2.05, 4.69) is 5.10 Å². The Morgan fingerprint density at radius 1 is 0.895 bits per heavy atom. The lowest BCUT2D eigenvalue weighted by molar-refractivity contribution is 0.0240. The van der Waals surface area contributed by atoms with Gasteiger partial charge in [0.15, 0.2) is 5.69 Å². The predicted molar refractivity (Wildman–Crippen MR) is 144 cm³/mol. The molecule has 210 valence electrons. The van der Waals surface area contributed by atoms with E-state index in [4.69, 9.17) is 23.7 Å². The van der Waals surface area contributed by atoms with Crippen molar-refractivity contribution in [3.8, 4) is 17.3 Å². The van der Waals surface area contributed by atoms with Crippen LogP contribution in [0, 0.1) is 0 Å². The minimum Gasteiger partial charge on any atom is -0.484 e. The molecular weight excluding hydrogens is 492 g/mol. The van der Waals surface area contributed by atoms with Crippen LogP contribution in [0.4, 0.5) is 10.5 Å². The van der Waals surface area contributed by atoms with Crippen molar-refractivity contribution in [1.29, 1.82) is 0 Å². The lowest BCUT2D eigenvalue weighted by atomic mass is 10.2. The van der Waals surface area contributed by atoms with Gasteiger partial charge in [0.2, 0.25) is 5.75 Å². The van der Waals surface area contributed by atoms with Crippen molar-refractivity contribution in [2.75, 3.05) is 70.7 Å². The fourth-order valence-electron chi connectivity index (χ4n) is 3.86. The van der Waals surface area contributed by atoms with Gasteiger partial charge in [-0.25, -0.2) is 4.79 Å². The van der Waals surface area contributed by atoms with E-state index in [9.17, 15) is 9.59 Å². The third kappa shape index (κ3) is 8.09. The zero-order chi connectivity index (χ0) is 27.5. The number of amides is 1. The van der Waals surface area contributed by atoms with Crippen molar-refractivity contribution in [2.24, 2.45) is 0 Å². The number of anilines is 1. The van der Waals surface area contributed by atoms with Gasteiger partial charge in [0.25, 0.3) is 5.88 Å². The van der Waals surface area contributed by atoms with Crippen molar-refractivity contribution < 1.29 is 28.5 Å². The number of rotatable bonds is 12. The average molecular weight is 533 g/mol. The van der Waals surface area contributed by atoms with Crippen LogP contribution in [0.2, 0.25) is 0 Å². The van der Waals surface area contributed by atoms with Crippen molar-refractivity contribution in [3.05, 3.63) is 40.7 Å². The summed E-state index contributed by atoms with van der Waals surface area (Å²) in [5.74, 6) is 0.381. The fourth-order valence-corrected chi connectivity index (χ4v) is 3.86. The Bertz CT molecular complexity index is 1080. The molecule has 38 heavy (non-hydrogen) atoms. The maximum Gasteiger partial charge on any atom is 0.410 e. The van der Waals surface area contributed by atoms with E-state index < -0.39 is 11.2 Å². The van der Waals surface area contributed by atoms with Crippen LogP contribution in [0.5, 0.6) is 11.6 Å². The summed E-state index contributed by atoms with van der Waals surface area (Å²) in [6.07, 6.45) is -0.365. The van der Waals surface area contributed by atoms with E-state index in [0.717, 1.165) is 0 Å². The smallest absolute Gasteiger partial charge is 0.410 e. The number of ether oxygens (including phenoxy) is 5. The molecule has 0 spiro atoms. The normalized spacial score (nSPS) is 13.9. The van der Waals surface area contributed by atoms with Crippen LogP contribution < -0.4 is 19.9 Å². The molecule has 1 aromatic heterocycles. The van der Waals surface area contributed by atoms with Gasteiger partial charge in [-0.1, -0.05) is 18.2 Å².